The summed E-state index contributed by atoms with van der Waals surface area (Å²) in [6, 6.07) is 6.28. The van der Waals surface area contributed by atoms with E-state index in [1.54, 1.807) is 24.3 Å². The second-order valence-corrected chi connectivity index (χ2v) is 3.41. The van der Waals surface area contributed by atoms with E-state index in [1.165, 1.54) is 6.92 Å². The van der Waals surface area contributed by atoms with Crippen LogP contribution in [0.5, 0.6) is 0 Å². The van der Waals surface area contributed by atoms with Crippen molar-refractivity contribution in [3.05, 3.63) is 29.8 Å². The fourth-order valence-electron chi connectivity index (χ4n) is 1.18. The van der Waals surface area contributed by atoms with E-state index in [2.05, 4.69) is 10.6 Å². The van der Waals surface area contributed by atoms with Gasteiger partial charge in [0, 0.05) is 18.2 Å². The second kappa shape index (κ2) is 5.64. The fourth-order valence-corrected chi connectivity index (χ4v) is 1.18. The Morgan fingerprint density at radius 2 is 1.76 bits per heavy atom. The summed E-state index contributed by atoms with van der Waals surface area (Å²) in [6.45, 7) is 1.19. The van der Waals surface area contributed by atoms with Gasteiger partial charge in [0.2, 0.25) is 11.8 Å². The number of rotatable bonds is 4. The second-order valence-electron chi connectivity index (χ2n) is 3.41. The van der Waals surface area contributed by atoms with Gasteiger partial charge in [0.1, 0.15) is 0 Å². The average molecular weight is 235 g/mol. The molecule has 1 aromatic carbocycles. The molecule has 3 amide bonds. The van der Waals surface area contributed by atoms with Gasteiger partial charge in [-0.2, -0.15) is 0 Å². The standard InChI is InChI=1S/C11H13N3O3/c1-7(15)14-9-4-2-8(3-5-9)11(17)13-6-10(12)16/h2-5H,6H2,1H3,(H2,12,16)(H,13,17)(H,14,15). The molecule has 0 saturated heterocycles. The van der Waals surface area contributed by atoms with E-state index in [0.29, 0.717) is 11.3 Å². The molecule has 0 aromatic heterocycles. The van der Waals surface area contributed by atoms with E-state index in [9.17, 15) is 14.4 Å². The highest BCUT2D eigenvalue weighted by Gasteiger charge is 2.06. The predicted molar refractivity (Wildman–Crippen MR) is 62.3 cm³/mol. The van der Waals surface area contributed by atoms with E-state index in [-0.39, 0.29) is 12.5 Å². The van der Waals surface area contributed by atoms with Gasteiger partial charge in [-0.3, -0.25) is 14.4 Å². The van der Waals surface area contributed by atoms with Crippen molar-refractivity contribution in [2.45, 2.75) is 6.92 Å². The Morgan fingerprint density at radius 1 is 1.18 bits per heavy atom. The molecule has 0 aliphatic carbocycles. The van der Waals surface area contributed by atoms with E-state index >= 15 is 0 Å². The summed E-state index contributed by atoms with van der Waals surface area (Å²) in [5.41, 5.74) is 5.89. The molecule has 0 spiro atoms. The van der Waals surface area contributed by atoms with Crippen molar-refractivity contribution in [3.8, 4) is 0 Å². The van der Waals surface area contributed by atoms with Crippen LogP contribution in [-0.2, 0) is 9.59 Å². The topological polar surface area (TPSA) is 101 Å². The smallest absolute Gasteiger partial charge is 0.251 e. The zero-order valence-corrected chi connectivity index (χ0v) is 9.32. The number of carbonyl (C=O) groups excluding carboxylic acids is 3. The van der Waals surface area contributed by atoms with Crippen LogP contribution in [0.3, 0.4) is 0 Å². The monoisotopic (exact) mass is 235 g/mol. The van der Waals surface area contributed by atoms with Crippen LogP contribution in [0.2, 0.25) is 0 Å². The van der Waals surface area contributed by atoms with Crippen LogP contribution in [0.15, 0.2) is 24.3 Å². The summed E-state index contributed by atoms with van der Waals surface area (Å²) in [5.74, 6) is -1.18. The lowest BCUT2D eigenvalue weighted by molar-refractivity contribution is -0.117. The molecular weight excluding hydrogens is 222 g/mol. The molecule has 90 valence electrons. The molecule has 0 fully saturated rings. The SMILES string of the molecule is CC(=O)Nc1ccc(C(=O)NCC(N)=O)cc1. The van der Waals surface area contributed by atoms with Gasteiger partial charge in [-0.25, -0.2) is 0 Å². The minimum absolute atomic E-state index is 0.184. The summed E-state index contributed by atoms with van der Waals surface area (Å²) in [7, 11) is 0. The molecule has 1 aromatic rings. The number of amides is 3. The third-order valence-electron chi connectivity index (χ3n) is 1.89. The van der Waals surface area contributed by atoms with Crippen LogP contribution < -0.4 is 16.4 Å². The van der Waals surface area contributed by atoms with Gasteiger partial charge < -0.3 is 16.4 Å². The van der Waals surface area contributed by atoms with E-state index in [4.69, 9.17) is 5.73 Å². The van der Waals surface area contributed by atoms with Gasteiger partial charge in [-0.1, -0.05) is 0 Å². The normalized spacial score (nSPS) is 9.47. The largest absolute Gasteiger partial charge is 0.368 e. The van der Waals surface area contributed by atoms with Crippen LogP contribution in [0.25, 0.3) is 0 Å². The first-order valence-electron chi connectivity index (χ1n) is 4.93. The number of nitrogens with one attached hydrogen (secondary N) is 2. The van der Waals surface area contributed by atoms with Crippen LogP contribution in [0.1, 0.15) is 17.3 Å². The fraction of sp³-hybridized carbons (Fsp3) is 0.182. The molecule has 0 bridgehead atoms. The number of nitrogens with two attached hydrogens (primary N) is 1. The van der Waals surface area contributed by atoms with Gasteiger partial charge in [-0.15, -0.1) is 0 Å². The van der Waals surface area contributed by atoms with Gasteiger partial charge in [-0.05, 0) is 24.3 Å². The Morgan fingerprint density at radius 3 is 2.24 bits per heavy atom. The zero-order chi connectivity index (χ0) is 12.8. The molecule has 0 atom stereocenters. The molecule has 0 radical (unpaired) electrons. The van der Waals surface area contributed by atoms with Crippen LogP contribution in [0.4, 0.5) is 5.69 Å². The molecule has 0 aliphatic heterocycles. The maximum atomic E-state index is 11.5. The van der Waals surface area contributed by atoms with Crippen molar-refractivity contribution in [2.75, 3.05) is 11.9 Å². The predicted octanol–water partition coefficient (Wildman–Crippen LogP) is -0.140. The minimum Gasteiger partial charge on any atom is -0.368 e. The summed E-state index contributed by atoms with van der Waals surface area (Å²) >= 11 is 0. The first kappa shape index (κ1) is 12.7. The Kier molecular flexibility index (Phi) is 4.21. The first-order valence-corrected chi connectivity index (χ1v) is 4.93. The third-order valence-corrected chi connectivity index (χ3v) is 1.89. The summed E-state index contributed by atoms with van der Waals surface area (Å²) < 4.78 is 0. The van der Waals surface area contributed by atoms with Crippen LogP contribution >= 0.6 is 0 Å². The van der Waals surface area contributed by atoms with Crippen LogP contribution in [-0.4, -0.2) is 24.3 Å². The Labute approximate surface area is 98.2 Å². The van der Waals surface area contributed by atoms with Gasteiger partial charge in [0.25, 0.3) is 5.91 Å². The zero-order valence-electron chi connectivity index (χ0n) is 9.32. The number of anilines is 1. The quantitative estimate of drug-likeness (QED) is 0.677. The van der Waals surface area contributed by atoms with E-state index in [1.807, 2.05) is 0 Å². The molecule has 17 heavy (non-hydrogen) atoms. The molecule has 0 aliphatic rings. The van der Waals surface area contributed by atoms with Crippen molar-refractivity contribution in [2.24, 2.45) is 5.73 Å². The molecule has 1 rings (SSSR count). The summed E-state index contributed by atoms with van der Waals surface area (Å²) in [5, 5.41) is 4.93. The molecule has 6 nitrogen and oxygen atoms in total. The first-order chi connectivity index (χ1) is 7.99. The number of hydrogen-bond acceptors (Lipinski definition) is 3. The minimum atomic E-state index is -0.604. The third kappa shape index (κ3) is 4.33. The molecular formula is C11H13N3O3. The lowest BCUT2D eigenvalue weighted by Gasteiger charge is -2.05. The highest BCUT2D eigenvalue weighted by Crippen LogP contribution is 2.09. The molecule has 6 heteroatoms. The molecule has 0 unspecified atom stereocenters. The average Bonchev–Trinajstić information content (AvgIpc) is 2.26. The number of primary amides is 1. The Balaban J connectivity index is 2.63. The maximum absolute atomic E-state index is 11.5. The van der Waals surface area contributed by atoms with Crippen LogP contribution in [0, 0.1) is 0 Å². The van der Waals surface area contributed by atoms with Gasteiger partial charge in [0.05, 0.1) is 6.54 Å². The number of hydrogen-bond donors (Lipinski definition) is 3. The Hall–Kier alpha value is -2.37. The van der Waals surface area contributed by atoms with E-state index in [0.717, 1.165) is 0 Å². The molecule has 0 saturated carbocycles. The van der Waals surface area contributed by atoms with E-state index < -0.39 is 11.8 Å². The van der Waals surface area contributed by atoms with Gasteiger partial charge in [0.15, 0.2) is 0 Å². The van der Waals surface area contributed by atoms with Crippen molar-refractivity contribution in [3.63, 3.8) is 0 Å². The van der Waals surface area contributed by atoms with Gasteiger partial charge >= 0.3 is 0 Å². The number of benzene rings is 1. The number of carbonyl (C=O) groups is 3. The lowest BCUT2D eigenvalue weighted by atomic mass is 10.2. The van der Waals surface area contributed by atoms with Crippen molar-refractivity contribution in [1.29, 1.82) is 0 Å². The highest BCUT2D eigenvalue weighted by molar-refractivity contribution is 5.97. The van der Waals surface area contributed by atoms with Crippen molar-refractivity contribution < 1.29 is 14.4 Å². The van der Waals surface area contributed by atoms with Crippen molar-refractivity contribution in [1.82, 2.24) is 5.32 Å². The summed E-state index contributed by atoms with van der Waals surface area (Å²) in [4.78, 5) is 32.7. The lowest BCUT2D eigenvalue weighted by Crippen LogP contribution is -2.33. The molecule has 0 heterocycles. The summed E-state index contributed by atoms with van der Waals surface area (Å²) in [6.07, 6.45) is 0. The van der Waals surface area contributed by atoms with Crippen molar-refractivity contribution >= 4 is 23.4 Å². The molecule has 4 N–H and O–H groups in total. The highest BCUT2D eigenvalue weighted by atomic mass is 16.2. The maximum Gasteiger partial charge on any atom is 0.251 e. The Bertz CT molecular complexity index is 440.